The van der Waals surface area contributed by atoms with Gasteiger partial charge >= 0.3 is 0 Å². The lowest BCUT2D eigenvalue weighted by atomic mass is 9.80. The van der Waals surface area contributed by atoms with E-state index in [1.807, 2.05) is 76.2 Å². The summed E-state index contributed by atoms with van der Waals surface area (Å²) in [6.45, 7) is 14.0. The minimum Gasteiger partial charge on any atom is -0.493 e. The van der Waals surface area contributed by atoms with Crippen molar-refractivity contribution >= 4 is 11.8 Å². The van der Waals surface area contributed by atoms with Crippen molar-refractivity contribution in [2.75, 3.05) is 40.5 Å². The molecular formula is C38H59N5O6. The third-order valence-electron chi connectivity index (χ3n) is 8.96. The molecule has 0 unspecified atom stereocenters. The molecule has 11 nitrogen and oxygen atoms in total. The van der Waals surface area contributed by atoms with Crippen LogP contribution in [-0.2, 0) is 27.2 Å². The molecule has 4 atom stereocenters. The second-order valence-corrected chi connectivity index (χ2v) is 14.4. The fraction of sp³-hybridized carbons (Fsp3) is 0.632. The Balaban J connectivity index is 2.04. The molecule has 2 amide bonds. The van der Waals surface area contributed by atoms with Gasteiger partial charge in [-0.2, -0.15) is 0 Å². The smallest absolute Gasteiger partial charge is 0.224 e. The molecule has 0 aliphatic heterocycles. The molecule has 0 aliphatic carbocycles. The van der Waals surface area contributed by atoms with E-state index in [0.717, 1.165) is 17.5 Å². The van der Waals surface area contributed by atoms with E-state index in [2.05, 4.69) is 34.5 Å². The van der Waals surface area contributed by atoms with Crippen molar-refractivity contribution in [3.8, 4) is 11.5 Å². The molecule has 49 heavy (non-hydrogen) atoms. The quantitative estimate of drug-likeness (QED) is 0.0525. The number of carbonyl (C=O) groups excluding carboxylic acids is 2. The second-order valence-electron chi connectivity index (χ2n) is 14.4. The maximum absolute atomic E-state index is 13.5. The van der Waals surface area contributed by atoms with Crippen LogP contribution in [0.3, 0.4) is 0 Å². The molecule has 2 rings (SSSR count). The first-order chi connectivity index (χ1) is 23.3. The van der Waals surface area contributed by atoms with Gasteiger partial charge in [0.25, 0.3) is 0 Å². The minimum absolute atomic E-state index is 0.0578. The third kappa shape index (κ3) is 15.1. The Labute approximate surface area is 293 Å². The highest BCUT2D eigenvalue weighted by Crippen LogP contribution is 2.32. The van der Waals surface area contributed by atoms with Gasteiger partial charge in [0.05, 0.1) is 32.3 Å². The van der Waals surface area contributed by atoms with Crippen molar-refractivity contribution in [3.05, 3.63) is 70.1 Å². The molecule has 2 aromatic carbocycles. The molecule has 2 aromatic rings. The molecule has 3 N–H and O–H groups in total. The van der Waals surface area contributed by atoms with E-state index < -0.39 is 23.5 Å². The van der Waals surface area contributed by atoms with Crippen LogP contribution in [0.25, 0.3) is 10.4 Å². The summed E-state index contributed by atoms with van der Waals surface area (Å²) < 4.78 is 16.6. The van der Waals surface area contributed by atoms with E-state index >= 15 is 0 Å². The first-order valence-corrected chi connectivity index (χ1v) is 17.4. The summed E-state index contributed by atoms with van der Waals surface area (Å²) in [5, 5.41) is 21.5. The molecule has 11 heteroatoms. The third-order valence-corrected chi connectivity index (χ3v) is 8.96. The predicted octanol–water partition coefficient (Wildman–Crippen LogP) is 6.52. The summed E-state index contributed by atoms with van der Waals surface area (Å²) in [7, 11) is 3.27. The summed E-state index contributed by atoms with van der Waals surface area (Å²) in [6, 6.07) is 14.7. The highest BCUT2D eigenvalue weighted by molar-refractivity contribution is 5.79. The van der Waals surface area contributed by atoms with Crippen LogP contribution in [0.1, 0.15) is 71.9 Å². The Bertz CT molecular complexity index is 1330. The Hall–Kier alpha value is -3.79. The molecule has 0 saturated heterocycles. The molecule has 0 heterocycles. The fourth-order valence-electron chi connectivity index (χ4n) is 5.70. The van der Waals surface area contributed by atoms with Gasteiger partial charge < -0.3 is 30.0 Å². The van der Waals surface area contributed by atoms with Crippen LogP contribution in [-0.4, -0.2) is 69.6 Å². The molecule has 272 valence electrons. The monoisotopic (exact) mass is 681 g/mol. The zero-order valence-corrected chi connectivity index (χ0v) is 30.8. The maximum Gasteiger partial charge on any atom is 0.224 e. The molecule has 0 fully saturated rings. The van der Waals surface area contributed by atoms with Gasteiger partial charge in [-0.1, -0.05) is 83.1 Å². The molecule has 0 bridgehead atoms. The number of nitrogens with one attached hydrogen (secondary N) is 2. The summed E-state index contributed by atoms with van der Waals surface area (Å²) in [5.41, 5.74) is 11.0. The number of benzene rings is 2. The number of nitrogens with zero attached hydrogens (tertiary/aromatic N) is 3. The number of methoxy groups -OCH3 is 2. The summed E-state index contributed by atoms with van der Waals surface area (Å²) >= 11 is 0. The Kier molecular flexibility index (Phi) is 18.0. The van der Waals surface area contributed by atoms with Crippen LogP contribution in [0.15, 0.2) is 53.6 Å². The van der Waals surface area contributed by atoms with Crippen LogP contribution in [0.2, 0.25) is 0 Å². The van der Waals surface area contributed by atoms with Crippen molar-refractivity contribution in [1.82, 2.24) is 10.6 Å². The van der Waals surface area contributed by atoms with Crippen LogP contribution in [0, 0.1) is 29.1 Å². The van der Waals surface area contributed by atoms with Gasteiger partial charge in [-0.15, -0.1) is 0 Å². The average molecular weight is 682 g/mol. The van der Waals surface area contributed by atoms with E-state index in [1.165, 1.54) is 0 Å². The lowest BCUT2D eigenvalue weighted by molar-refractivity contribution is -0.128. The number of ether oxygens (including phenoxy) is 3. The van der Waals surface area contributed by atoms with Gasteiger partial charge in [0.2, 0.25) is 11.8 Å². The van der Waals surface area contributed by atoms with Crippen LogP contribution in [0.4, 0.5) is 0 Å². The fourth-order valence-corrected chi connectivity index (χ4v) is 5.70. The summed E-state index contributed by atoms with van der Waals surface area (Å²) in [6.07, 6.45) is 1.35. The Morgan fingerprint density at radius 3 is 2.22 bits per heavy atom. The number of azide groups is 1. The zero-order valence-electron chi connectivity index (χ0n) is 30.8. The summed E-state index contributed by atoms with van der Waals surface area (Å²) in [4.78, 5) is 29.0. The van der Waals surface area contributed by atoms with E-state index in [9.17, 15) is 20.2 Å². The number of aliphatic hydroxyl groups excluding tert-OH is 1. The van der Waals surface area contributed by atoms with E-state index in [0.29, 0.717) is 57.1 Å². The number of hydrogen-bond acceptors (Lipinski definition) is 7. The van der Waals surface area contributed by atoms with Gasteiger partial charge in [0.15, 0.2) is 11.5 Å². The molecule has 0 aliphatic rings. The molecule has 0 aromatic heterocycles. The molecule has 0 saturated carbocycles. The number of carbonyl (C=O) groups is 2. The average Bonchev–Trinajstić information content (AvgIpc) is 3.06. The highest BCUT2D eigenvalue weighted by atomic mass is 16.5. The first-order valence-electron chi connectivity index (χ1n) is 17.4. The van der Waals surface area contributed by atoms with Crippen molar-refractivity contribution in [3.63, 3.8) is 0 Å². The van der Waals surface area contributed by atoms with Crippen LogP contribution < -0.4 is 20.1 Å². The largest absolute Gasteiger partial charge is 0.493 e. The van der Waals surface area contributed by atoms with Crippen LogP contribution in [0.5, 0.6) is 11.5 Å². The lowest BCUT2D eigenvalue weighted by Gasteiger charge is -2.31. The van der Waals surface area contributed by atoms with Gasteiger partial charge in [-0.05, 0) is 71.2 Å². The van der Waals surface area contributed by atoms with Gasteiger partial charge in [0, 0.05) is 44.1 Å². The summed E-state index contributed by atoms with van der Waals surface area (Å²) in [5.74, 6) is 0.836. The van der Waals surface area contributed by atoms with Crippen molar-refractivity contribution < 1.29 is 28.9 Å². The first kappa shape index (κ1) is 41.4. The van der Waals surface area contributed by atoms with Gasteiger partial charge in [-0.3, -0.25) is 9.59 Å². The van der Waals surface area contributed by atoms with Crippen molar-refractivity contribution in [2.45, 2.75) is 85.8 Å². The Morgan fingerprint density at radius 2 is 1.61 bits per heavy atom. The molecular weight excluding hydrogens is 622 g/mol. The number of rotatable bonds is 23. The molecule has 0 spiro atoms. The SMILES string of the molecule is COCCCOc1cc(C[C@@H](C[C@H](N=[N+]=[N-])[C@@H](O)C[C@H](C(=O)NCC(C)(C)CNC(=O)Cc2ccccc2)C(C)C)C(C)C)ccc1OC. The topological polar surface area (TPSA) is 155 Å². The Morgan fingerprint density at radius 1 is 0.918 bits per heavy atom. The van der Waals surface area contributed by atoms with Gasteiger partial charge in [-0.25, -0.2) is 0 Å². The van der Waals surface area contributed by atoms with Crippen molar-refractivity contribution in [2.24, 2.45) is 34.2 Å². The van der Waals surface area contributed by atoms with E-state index in [-0.39, 0.29) is 36.0 Å². The standard InChI is InChI=1S/C38H59N5O6/c1-26(2)30(19-29-15-16-34(48-8)35(20-29)49-18-12-17-47-7)22-32(42-43-39)33(44)23-31(27(3)4)37(46)41-25-38(5,6)24-40-36(45)21-28-13-10-9-11-14-28/h9-11,13-16,20,26-27,30-33,44H,12,17-19,21-25H2,1-8H3,(H,40,45)(H,41,46)/t30-,31-,32-,33-/m0/s1. The normalized spacial score (nSPS) is 14.0. The maximum atomic E-state index is 13.5. The molecule has 0 radical (unpaired) electrons. The predicted molar refractivity (Wildman–Crippen MR) is 193 cm³/mol. The number of hydrogen-bond donors (Lipinski definition) is 3. The van der Waals surface area contributed by atoms with Crippen molar-refractivity contribution in [1.29, 1.82) is 0 Å². The van der Waals surface area contributed by atoms with Gasteiger partial charge in [0.1, 0.15) is 0 Å². The zero-order chi connectivity index (χ0) is 36.4. The minimum atomic E-state index is -1.00. The lowest BCUT2D eigenvalue weighted by Crippen LogP contribution is -2.45. The number of aliphatic hydroxyl groups is 1. The highest BCUT2D eigenvalue weighted by Gasteiger charge is 2.32. The van der Waals surface area contributed by atoms with Crippen LogP contribution >= 0.6 is 0 Å². The second kappa shape index (κ2) is 21.3. The van der Waals surface area contributed by atoms with E-state index in [4.69, 9.17) is 14.2 Å². The van der Waals surface area contributed by atoms with E-state index in [1.54, 1.807) is 14.2 Å². The number of amides is 2.